The molecule has 2 fully saturated rings. The van der Waals surface area contributed by atoms with Crippen LogP contribution in [0.25, 0.3) is 0 Å². The Bertz CT molecular complexity index is 1940. The molecule has 2 aromatic heterocycles. The van der Waals surface area contributed by atoms with Gasteiger partial charge in [-0.05, 0) is 146 Å². The zero-order chi connectivity index (χ0) is 46.0. The number of aldehydes is 1. The number of hydrogen-bond donors (Lipinski definition) is 1. The van der Waals surface area contributed by atoms with Crippen LogP contribution >= 0.6 is 23.2 Å². The van der Waals surface area contributed by atoms with Crippen LogP contribution in [0.3, 0.4) is 0 Å². The van der Waals surface area contributed by atoms with Crippen LogP contribution < -0.4 is 5.32 Å². The van der Waals surface area contributed by atoms with Crippen LogP contribution in [-0.4, -0.2) is 100 Å². The van der Waals surface area contributed by atoms with Gasteiger partial charge in [-0.1, -0.05) is 73.4 Å². The Morgan fingerprint density at radius 3 is 1.59 bits per heavy atom. The highest BCUT2D eigenvalue weighted by molar-refractivity contribution is 6.30. The van der Waals surface area contributed by atoms with Crippen LogP contribution in [0.4, 0.5) is 9.59 Å². The molecule has 2 unspecified atom stereocenters. The summed E-state index contributed by atoms with van der Waals surface area (Å²) in [6.45, 7) is 21.1. The monoisotopic (exact) mass is 902 g/mol. The van der Waals surface area contributed by atoms with Crippen molar-refractivity contribution in [2.24, 2.45) is 11.8 Å². The predicted molar refractivity (Wildman–Crippen MR) is 253 cm³/mol. The van der Waals surface area contributed by atoms with E-state index in [1.54, 1.807) is 4.90 Å². The van der Waals surface area contributed by atoms with E-state index in [0.717, 1.165) is 86.1 Å². The van der Waals surface area contributed by atoms with Crippen molar-refractivity contribution in [1.29, 1.82) is 0 Å². The summed E-state index contributed by atoms with van der Waals surface area (Å²) in [6.07, 6.45) is 7.63. The van der Waals surface area contributed by atoms with Gasteiger partial charge in [0.1, 0.15) is 17.5 Å². The third-order valence-electron chi connectivity index (χ3n) is 10.7. The Labute approximate surface area is 385 Å². The van der Waals surface area contributed by atoms with Gasteiger partial charge in [0.25, 0.3) is 0 Å². The van der Waals surface area contributed by atoms with Gasteiger partial charge in [-0.25, -0.2) is 9.59 Å². The fourth-order valence-electron chi connectivity index (χ4n) is 7.47. The molecule has 63 heavy (non-hydrogen) atoms. The highest BCUT2D eigenvalue weighted by Gasteiger charge is 2.31. The van der Waals surface area contributed by atoms with Crippen LogP contribution in [0.15, 0.2) is 97.3 Å². The summed E-state index contributed by atoms with van der Waals surface area (Å²) < 4.78 is 10.8. The van der Waals surface area contributed by atoms with Gasteiger partial charge in [-0.2, -0.15) is 0 Å². The number of nitrogens with zero attached hydrogens (tertiary/aromatic N) is 5. The Morgan fingerprint density at radius 1 is 0.714 bits per heavy atom. The largest absolute Gasteiger partial charge is 0.444 e. The quantitative estimate of drug-likeness (QED) is 0.147. The first-order chi connectivity index (χ1) is 30.0. The number of hydrogen-bond acceptors (Lipinski definition) is 9. The lowest BCUT2D eigenvalue weighted by molar-refractivity contribution is -0.112. The summed E-state index contributed by atoms with van der Waals surface area (Å²) >= 11 is 12.0. The second-order valence-electron chi connectivity index (χ2n) is 17.9. The molecule has 4 heterocycles. The Hall–Kier alpha value is -4.55. The molecule has 2 saturated heterocycles. The van der Waals surface area contributed by atoms with Crippen molar-refractivity contribution in [1.82, 2.24) is 30.0 Å². The molecule has 2 aliphatic heterocycles. The molecule has 0 radical (unpaired) electrons. The normalized spacial score (nSPS) is 15.9. The minimum Gasteiger partial charge on any atom is -0.444 e. The third-order valence-corrected chi connectivity index (χ3v) is 11.2. The lowest BCUT2D eigenvalue weighted by Crippen LogP contribution is -2.44. The molecular weight excluding hydrogens is 835 g/mol. The molecule has 1 N–H and O–H groups in total. The van der Waals surface area contributed by atoms with Crippen molar-refractivity contribution in [2.75, 3.05) is 45.8 Å². The summed E-state index contributed by atoms with van der Waals surface area (Å²) in [6, 6.07) is 28.2. The van der Waals surface area contributed by atoms with E-state index in [0.29, 0.717) is 19.0 Å². The lowest BCUT2D eigenvalue weighted by Gasteiger charge is -2.38. The standard InChI is InChI=1S/C25H34ClN3O2.C14H15ClN2.C11H19NO3/c1-5-28(18-19-13-16-29(17-14-19)24(30)31-25(2,3)4)23(22-8-6-7-15-27-22)20-9-11-21(26)12-10-20;1-2-16-14(13-5-3-4-10-17-13)11-6-8-12(15)9-7-11;1-11(2,3)15-10(14)12-6-4-9(8-13)5-7-12/h6-12,15,19,23H,5,13-14,16-18H2,1-4H3;3-10,14,16H,2H2,1H3;8-9H,4-7H2,1-3H3. The number of amides is 2. The molecule has 0 saturated carbocycles. The summed E-state index contributed by atoms with van der Waals surface area (Å²) in [4.78, 5) is 49.6. The summed E-state index contributed by atoms with van der Waals surface area (Å²) in [7, 11) is 0. The number of rotatable bonds is 11. The molecule has 13 heteroatoms. The smallest absolute Gasteiger partial charge is 0.410 e. The van der Waals surface area contributed by atoms with Gasteiger partial charge in [0, 0.05) is 61.1 Å². The second-order valence-corrected chi connectivity index (χ2v) is 18.8. The average molecular weight is 904 g/mol. The SMILES string of the molecule is CC(C)(C)OC(=O)N1CCC(C=O)CC1.CCN(CC1CCN(C(=O)OC(C)(C)C)CC1)C(c1ccc(Cl)cc1)c1ccccn1.CCNC(c1ccc(Cl)cc1)c1ccccn1. The van der Waals surface area contributed by atoms with Gasteiger partial charge in [-0.15, -0.1) is 0 Å². The molecule has 2 atom stereocenters. The summed E-state index contributed by atoms with van der Waals surface area (Å²) in [5.41, 5.74) is 3.53. The number of piperidine rings is 2. The lowest BCUT2D eigenvalue weighted by atomic mass is 9.94. The average Bonchev–Trinajstić information content (AvgIpc) is 3.26. The molecule has 6 rings (SSSR count). The third kappa shape index (κ3) is 17.5. The van der Waals surface area contributed by atoms with E-state index in [1.165, 1.54) is 11.1 Å². The summed E-state index contributed by atoms with van der Waals surface area (Å²) in [5.74, 6) is 0.640. The Kier molecular flexibility index (Phi) is 20.3. The van der Waals surface area contributed by atoms with Crippen molar-refractivity contribution in [3.63, 3.8) is 0 Å². The van der Waals surface area contributed by atoms with E-state index < -0.39 is 11.2 Å². The number of aromatic nitrogens is 2. The van der Waals surface area contributed by atoms with Crippen LogP contribution in [0, 0.1) is 11.8 Å². The molecular formula is C50H68Cl2N6O5. The fraction of sp³-hybridized carbons (Fsp3) is 0.500. The van der Waals surface area contributed by atoms with Crippen molar-refractivity contribution in [2.45, 2.75) is 104 Å². The van der Waals surface area contributed by atoms with Crippen molar-refractivity contribution in [3.05, 3.63) is 130 Å². The first-order valence-electron chi connectivity index (χ1n) is 22.2. The van der Waals surface area contributed by atoms with Crippen molar-refractivity contribution >= 4 is 41.7 Å². The second kappa shape index (κ2) is 25.1. The van der Waals surface area contributed by atoms with E-state index in [-0.39, 0.29) is 30.2 Å². The highest BCUT2D eigenvalue weighted by Crippen LogP contribution is 2.31. The molecule has 0 bridgehead atoms. The molecule has 2 aliphatic rings. The van der Waals surface area contributed by atoms with Crippen LogP contribution in [0.5, 0.6) is 0 Å². The molecule has 2 aromatic carbocycles. The number of nitrogens with one attached hydrogen (secondary N) is 1. The maximum Gasteiger partial charge on any atom is 0.410 e. The minimum atomic E-state index is -0.457. The van der Waals surface area contributed by atoms with E-state index in [2.05, 4.69) is 52.2 Å². The number of carbonyl (C=O) groups excluding carboxylic acids is 3. The van der Waals surface area contributed by atoms with Gasteiger partial charge < -0.3 is 29.4 Å². The van der Waals surface area contributed by atoms with E-state index in [9.17, 15) is 14.4 Å². The van der Waals surface area contributed by atoms with Crippen LogP contribution in [-0.2, 0) is 14.3 Å². The van der Waals surface area contributed by atoms with E-state index in [4.69, 9.17) is 32.7 Å². The van der Waals surface area contributed by atoms with Gasteiger partial charge >= 0.3 is 12.2 Å². The topological polar surface area (TPSA) is 117 Å². The number of likely N-dealkylation sites (tertiary alicyclic amines) is 2. The maximum absolute atomic E-state index is 12.4. The van der Waals surface area contributed by atoms with Gasteiger partial charge in [-0.3, -0.25) is 14.9 Å². The number of pyridine rings is 2. The predicted octanol–water partition coefficient (Wildman–Crippen LogP) is 11.1. The first kappa shape index (κ1) is 51.1. The van der Waals surface area contributed by atoms with Crippen LogP contribution in [0.1, 0.15) is 116 Å². The van der Waals surface area contributed by atoms with Gasteiger partial charge in [0.15, 0.2) is 0 Å². The molecule has 4 aromatic rings. The van der Waals surface area contributed by atoms with Crippen molar-refractivity contribution in [3.8, 4) is 0 Å². The van der Waals surface area contributed by atoms with Crippen molar-refractivity contribution < 1.29 is 23.9 Å². The minimum absolute atomic E-state index is 0.0763. The fourth-order valence-corrected chi connectivity index (χ4v) is 7.72. The number of carbonyl (C=O) groups is 3. The Balaban J connectivity index is 0.000000229. The molecule has 0 spiro atoms. The number of ether oxygens (including phenoxy) is 2. The maximum atomic E-state index is 12.4. The van der Waals surface area contributed by atoms with Crippen LogP contribution in [0.2, 0.25) is 10.0 Å². The molecule has 0 aliphatic carbocycles. The summed E-state index contributed by atoms with van der Waals surface area (Å²) in [5, 5.41) is 4.92. The molecule has 2 amide bonds. The number of halogens is 2. The Morgan fingerprint density at radius 2 is 1.17 bits per heavy atom. The van der Waals surface area contributed by atoms with E-state index >= 15 is 0 Å². The van der Waals surface area contributed by atoms with E-state index in [1.807, 2.05) is 126 Å². The zero-order valence-electron chi connectivity index (χ0n) is 38.4. The highest BCUT2D eigenvalue weighted by atomic mass is 35.5. The first-order valence-corrected chi connectivity index (χ1v) is 23.0. The molecule has 342 valence electrons. The van der Waals surface area contributed by atoms with Gasteiger partial charge in [0.2, 0.25) is 0 Å². The number of benzene rings is 2. The van der Waals surface area contributed by atoms with Gasteiger partial charge in [0.05, 0.1) is 23.5 Å². The molecule has 11 nitrogen and oxygen atoms in total. The zero-order valence-corrected chi connectivity index (χ0v) is 39.9.